The summed E-state index contributed by atoms with van der Waals surface area (Å²) in [7, 11) is 11.1. The predicted octanol–water partition coefficient (Wildman–Crippen LogP) is 29.6. The predicted molar refractivity (Wildman–Crippen MR) is 548 cm³/mol. The van der Waals surface area contributed by atoms with Gasteiger partial charge in [-0.25, -0.2) is 9.18 Å². The standard InChI is InChI=1S/C32H37F3N2O.C30H36N2O.C29H32FNO2.C28H29NO2/c1-18-28(32(33,34)35)37(7)25-12-20-21(13-24(25)36(18)6)27-19-10-8-9-11-22(19)31(23(27)14-26(20)38)16-29(2,3)15-30(4,5)17-31;1-18-31(6)24-12-20-21(13-25(24)32(18)7)27-19-10-8-9-11-22(19)30(23(27)14-26(20)33)16-28(2,3)15-29(4,5)17-30;1-27(2)14-28(3,4)16-29(15-27)20-9-7-6-8-17(20)26-19-10-22-24(33-13-25(30)31(22)5)11-18(19)23(32)12-21(26)29;1-17-9-10-19-22(13-17)28(11-7-5-4-6-8-12-28)23-14-18(2)20-15-24-25(16-21(20)26(19)23)31-27(30)29(24)3/h8-14,18,28,38H,15-17H2,1-7H3;8-14,18,33H,15-17H2,1-7H3;6-12,25,32H,13-16H2,1-5H3;9-10,13-16H,4-8,11-12H2,1-3H3. The SMILES string of the molecule is CC1C(C(F)(F)F)N(C)c2cc3c(O)cc4c(c3cc2N1C)-c1ccccc1C41CC(C)(C)CC(C)(C)C1.CC1N(C)c2cc3c(O)cc4c(c3cc2N1C)-c1ccccc1C41CC(C)(C)CC(C)(C)C1.CN1c2cc3c4c(cc(O)c3cc2OCC1F)C1(CC(C)(C)CC(C)(C)C1)c1ccccc1-4.Cc1ccc2c(c1)C1(CCCCCCC1)c1cc(C)c3cc4c(cc3c1-2)oc(=O)n4C. The van der Waals surface area contributed by atoms with Gasteiger partial charge in [-0.15, -0.1) is 0 Å². The Labute approximate surface area is 793 Å². The normalized spacial score (nSPS) is 22.6. The lowest BCUT2D eigenvalue weighted by Crippen LogP contribution is -2.59. The van der Waals surface area contributed by atoms with Crippen LogP contribution in [-0.4, -0.2) is 92.5 Å². The van der Waals surface area contributed by atoms with Crippen LogP contribution in [0.5, 0.6) is 23.0 Å². The van der Waals surface area contributed by atoms with Crippen molar-refractivity contribution in [3.8, 4) is 67.5 Å². The highest BCUT2D eigenvalue weighted by Crippen LogP contribution is 2.71. The number of benzene rings is 12. The van der Waals surface area contributed by atoms with Gasteiger partial charge in [0.25, 0.3) is 0 Å². The Balaban J connectivity index is 0.000000108. The Morgan fingerprint density at radius 3 is 1.18 bits per heavy atom. The molecule has 0 saturated heterocycles. The average molecular weight is 1820 g/mol. The zero-order valence-electron chi connectivity index (χ0n) is 83.2. The van der Waals surface area contributed by atoms with Gasteiger partial charge in [-0.05, 0) is 319 Å². The monoisotopic (exact) mass is 1820 g/mol. The minimum atomic E-state index is -4.37. The molecule has 12 aromatic carbocycles. The molecule has 4 spiro atoms. The molecule has 0 radical (unpaired) electrons. The summed E-state index contributed by atoms with van der Waals surface area (Å²) in [6.07, 6.45) is 13.6. The molecule has 1 aromatic heterocycles. The number of likely N-dealkylation sites (N-methyl/N-ethyl adjacent to an activating group) is 3. The van der Waals surface area contributed by atoms with Gasteiger partial charge in [0.15, 0.2) is 5.58 Å². The summed E-state index contributed by atoms with van der Waals surface area (Å²) >= 11 is 0. The van der Waals surface area contributed by atoms with E-state index in [2.05, 4.69) is 255 Å². The molecular formula is C119H134F4N6O6. The van der Waals surface area contributed by atoms with Crippen molar-refractivity contribution in [3.05, 3.63) is 230 Å². The van der Waals surface area contributed by atoms with Crippen LogP contribution in [0.15, 0.2) is 173 Å². The van der Waals surface area contributed by atoms with Crippen LogP contribution in [0.4, 0.5) is 46.0 Å². The number of ether oxygens (including phenoxy) is 1. The molecule has 8 aliphatic carbocycles. The molecule has 4 heterocycles. The van der Waals surface area contributed by atoms with Crippen molar-refractivity contribution in [1.82, 2.24) is 4.57 Å². The lowest BCUT2D eigenvalue weighted by Gasteiger charge is -2.51. The third-order valence-corrected chi connectivity index (χ3v) is 34.4. The van der Waals surface area contributed by atoms with Crippen molar-refractivity contribution in [3.63, 3.8) is 0 Å². The Hall–Kier alpha value is -11.1. The van der Waals surface area contributed by atoms with Gasteiger partial charge in [0.1, 0.15) is 35.6 Å². The molecule has 12 nitrogen and oxygen atoms in total. The summed E-state index contributed by atoms with van der Waals surface area (Å²) in [6, 6.07) is 55.9. The largest absolute Gasteiger partial charge is 0.507 e. The number of fused-ring (bicyclic) bond motifs is 32. The number of aromatic hydroxyl groups is 3. The molecule has 3 N–H and O–H groups in total. The molecule has 0 amide bonds. The van der Waals surface area contributed by atoms with Crippen molar-refractivity contribution in [2.24, 2.45) is 39.5 Å². The van der Waals surface area contributed by atoms with Crippen LogP contribution in [0.2, 0.25) is 0 Å². The first kappa shape index (κ1) is 90.3. The zero-order chi connectivity index (χ0) is 95.7. The van der Waals surface area contributed by atoms with E-state index in [0.29, 0.717) is 34.3 Å². The molecule has 11 aliphatic rings. The first-order chi connectivity index (χ1) is 63.5. The van der Waals surface area contributed by atoms with E-state index in [4.69, 9.17) is 9.15 Å². The third-order valence-electron chi connectivity index (χ3n) is 34.4. The topological polar surface area (TPSA) is 121 Å². The Kier molecular flexibility index (Phi) is 20.4. The van der Waals surface area contributed by atoms with Gasteiger partial charge in [0, 0.05) is 80.1 Å². The first-order valence-electron chi connectivity index (χ1n) is 49.5. The number of alkyl halides is 4. The lowest BCUT2D eigenvalue weighted by molar-refractivity contribution is -0.152. The minimum absolute atomic E-state index is 0.00316. The summed E-state index contributed by atoms with van der Waals surface area (Å²) in [6.45, 7) is 36.9. The van der Waals surface area contributed by atoms with Crippen molar-refractivity contribution in [2.75, 3.05) is 66.3 Å². The molecule has 24 rings (SSSR count). The number of halogens is 4. The van der Waals surface area contributed by atoms with Crippen LogP contribution in [0.1, 0.15) is 255 Å². The van der Waals surface area contributed by atoms with Gasteiger partial charge in [-0.2, -0.15) is 13.2 Å². The van der Waals surface area contributed by atoms with E-state index in [1.165, 1.54) is 186 Å². The molecule has 4 atom stereocenters. The quantitative estimate of drug-likeness (QED) is 0.0994. The number of nitrogens with zero attached hydrogens (tertiary/aromatic N) is 6. The fraction of sp³-hybridized carbons (Fsp3) is 0.454. The first-order valence-corrected chi connectivity index (χ1v) is 49.5. The molecule has 16 heteroatoms. The Morgan fingerprint density at radius 1 is 0.370 bits per heavy atom. The number of oxazole rings is 1. The van der Waals surface area contributed by atoms with Crippen molar-refractivity contribution in [1.29, 1.82) is 0 Å². The van der Waals surface area contributed by atoms with Crippen LogP contribution < -0.4 is 35.0 Å². The van der Waals surface area contributed by atoms with Gasteiger partial charge in [0.05, 0.1) is 46.2 Å². The second-order valence-corrected chi connectivity index (χ2v) is 48.0. The van der Waals surface area contributed by atoms with Crippen molar-refractivity contribution >= 4 is 82.6 Å². The number of hydrogen-bond acceptors (Lipinski definition) is 11. The number of phenols is 3. The smallest absolute Gasteiger partial charge is 0.419 e. The van der Waals surface area contributed by atoms with Crippen molar-refractivity contribution < 1.29 is 42.0 Å². The lowest BCUT2D eigenvalue weighted by atomic mass is 9.52. The van der Waals surface area contributed by atoms with Crippen LogP contribution in [0.25, 0.3) is 98.7 Å². The van der Waals surface area contributed by atoms with Gasteiger partial charge in [0.2, 0.25) is 6.30 Å². The highest BCUT2D eigenvalue weighted by atomic mass is 19.4. The fourth-order valence-electron chi connectivity index (χ4n) is 30.9. The van der Waals surface area contributed by atoms with E-state index >= 15 is 0 Å². The van der Waals surface area contributed by atoms with E-state index in [-0.39, 0.29) is 78.0 Å². The Bertz CT molecular complexity index is 7050. The fourth-order valence-corrected chi connectivity index (χ4v) is 30.9. The maximum absolute atomic E-state index is 14.5. The molecule has 0 bridgehead atoms. The maximum Gasteiger partial charge on any atom is 0.419 e. The van der Waals surface area contributed by atoms with Gasteiger partial charge >= 0.3 is 11.9 Å². The van der Waals surface area contributed by atoms with E-state index in [1.54, 1.807) is 48.5 Å². The summed E-state index contributed by atoms with van der Waals surface area (Å²) < 4.78 is 69.5. The number of phenolic OH excluding ortho intramolecular Hbond substituents is 3. The number of rotatable bonds is 0. The number of hydrogen-bond donors (Lipinski definition) is 3. The van der Waals surface area contributed by atoms with Crippen LogP contribution in [-0.2, 0) is 28.7 Å². The van der Waals surface area contributed by atoms with E-state index in [0.717, 1.165) is 94.5 Å². The van der Waals surface area contributed by atoms with E-state index in [1.807, 2.05) is 30.3 Å². The Morgan fingerprint density at radius 2 is 0.741 bits per heavy atom. The summed E-state index contributed by atoms with van der Waals surface area (Å²) in [4.78, 5) is 21.5. The molecule has 3 aliphatic heterocycles. The molecule has 4 fully saturated rings. The highest BCUT2D eigenvalue weighted by Gasteiger charge is 2.59. The van der Waals surface area contributed by atoms with Gasteiger partial charge in [-0.3, -0.25) is 4.57 Å². The highest BCUT2D eigenvalue weighted by molar-refractivity contribution is 6.13. The van der Waals surface area contributed by atoms with Crippen LogP contribution in [0, 0.1) is 46.3 Å². The van der Waals surface area contributed by atoms with Crippen LogP contribution >= 0.6 is 0 Å². The summed E-state index contributed by atoms with van der Waals surface area (Å²) in [5.74, 6) is 1.14. The number of anilines is 5. The summed E-state index contributed by atoms with van der Waals surface area (Å²) in [5.41, 5.74) is 30.3. The number of aryl methyl sites for hydroxylation is 3. The number of aromatic nitrogens is 1. The zero-order valence-corrected chi connectivity index (χ0v) is 83.2. The second-order valence-electron chi connectivity index (χ2n) is 48.0. The minimum Gasteiger partial charge on any atom is -0.507 e. The summed E-state index contributed by atoms with van der Waals surface area (Å²) in [5, 5.41) is 42.0. The molecule has 135 heavy (non-hydrogen) atoms. The third kappa shape index (κ3) is 13.9. The van der Waals surface area contributed by atoms with Crippen molar-refractivity contribution in [2.45, 2.75) is 266 Å². The molecular weight excluding hydrogens is 1690 g/mol. The maximum atomic E-state index is 14.5. The molecule has 704 valence electrons. The van der Waals surface area contributed by atoms with Gasteiger partial charge in [-0.1, -0.05) is 218 Å². The average Bonchev–Trinajstić information content (AvgIpc) is 1.54. The molecule has 4 saturated carbocycles. The molecule has 13 aromatic rings. The van der Waals surface area contributed by atoms with E-state index < -0.39 is 24.6 Å². The second kappa shape index (κ2) is 30.4. The van der Waals surface area contributed by atoms with Gasteiger partial charge < -0.3 is 49.0 Å². The molecule has 4 unspecified atom stereocenters. The van der Waals surface area contributed by atoms with Crippen LogP contribution in [0.3, 0.4) is 0 Å². The van der Waals surface area contributed by atoms with E-state index in [9.17, 15) is 37.7 Å².